The summed E-state index contributed by atoms with van der Waals surface area (Å²) in [6.45, 7) is 0.123. The molecule has 12 heavy (non-hydrogen) atoms. The van der Waals surface area contributed by atoms with E-state index in [0.717, 1.165) is 10.5 Å². The van der Waals surface area contributed by atoms with Crippen LogP contribution in [-0.4, -0.2) is 11.7 Å². The van der Waals surface area contributed by atoms with Gasteiger partial charge in [-0.15, -0.1) is 12.6 Å². The Bertz CT molecular complexity index is 252. The average Bonchev–Trinajstić information content (AvgIpc) is 2.05. The lowest BCUT2D eigenvalue weighted by Crippen LogP contribution is -2.11. The van der Waals surface area contributed by atoms with Crippen molar-refractivity contribution in [2.45, 2.75) is 17.4 Å². The van der Waals surface area contributed by atoms with Crippen LogP contribution < -0.4 is 5.73 Å². The van der Waals surface area contributed by atoms with Gasteiger partial charge in [0.2, 0.25) is 0 Å². The van der Waals surface area contributed by atoms with Gasteiger partial charge in [-0.05, 0) is 24.1 Å². The summed E-state index contributed by atoms with van der Waals surface area (Å²) in [5.74, 6) is 0. The van der Waals surface area contributed by atoms with Crippen LogP contribution in [0.1, 0.15) is 18.0 Å². The smallest absolute Gasteiger partial charge is 0.0449 e. The van der Waals surface area contributed by atoms with Gasteiger partial charge in [-0.3, -0.25) is 0 Å². The first-order valence-electron chi connectivity index (χ1n) is 3.89. The lowest BCUT2D eigenvalue weighted by atomic mass is 10.1. The Morgan fingerprint density at radius 2 is 2.25 bits per heavy atom. The van der Waals surface area contributed by atoms with E-state index in [1.54, 1.807) is 0 Å². The number of hydrogen-bond acceptors (Lipinski definition) is 3. The van der Waals surface area contributed by atoms with Crippen molar-refractivity contribution in [2.75, 3.05) is 6.61 Å². The summed E-state index contributed by atoms with van der Waals surface area (Å²) in [5, 5.41) is 8.67. The van der Waals surface area contributed by atoms with Crippen molar-refractivity contribution in [2.24, 2.45) is 5.73 Å². The van der Waals surface area contributed by atoms with E-state index in [0.29, 0.717) is 6.42 Å². The Morgan fingerprint density at radius 1 is 1.50 bits per heavy atom. The van der Waals surface area contributed by atoms with E-state index >= 15 is 0 Å². The third-order valence-electron chi connectivity index (χ3n) is 1.74. The molecule has 3 heteroatoms. The Kier molecular flexibility index (Phi) is 3.59. The van der Waals surface area contributed by atoms with Gasteiger partial charge >= 0.3 is 0 Å². The number of benzene rings is 1. The fourth-order valence-corrected chi connectivity index (χ4v) is 1.30. The van der Waals surface area contributed by atoms with Crippen LogP contribution in [-0.2, 0) is 0 Å². The van der Waals surface area contributed by atoms with Gasteiger partial charge in [0.1, 0.15) is 0 Å². The van der Waals surface area contributed by atoms with Crippen molar-refractivity contribution in [3.05, 3.63) is 29.8 Å². The van der Waals surface area contributed by atoms with Crippen LogP contribution in [0.2, 0.25) is 0 Å². The van der Waals surface area contributed by atoms with Gasteiger partial charge in [0.15, 0.2) is 0 Å². The van der Waals surface area contributed by atoms with Crippen LogP contribution in [0.25, 0.3) is 0 Å². The number of nitrogens with two attached hydrogens (primary N) is 1. The van der Waals surface area contributed by atoms with Crippen LogP contribution in [0.15, 0.2) is 29.2 Å². The molecule has 0 saturated heterocycles. The van der Waals surface area contributed by atoms with Crippen molar-refractivity contribution in [3.8, 4) is 0 Å². The van der Waals surface area contributed by atoms with Gasteiger partial charge in [0, 0.05) is 17.5 Å². The minimum Gasteiger partial charge on any atom is -0.396 e. The molecule has 2 nitrogen and oxygen atoms in total. The molecule has 1 aromatic rings. The summed E-state index contributed by atoms with van der Waals surface area (Å²) in [6.07, 6.45) is 0.594. The number of aliphatic hydroxyl groups is 1. The first-order chi connectivity index (χ1) is 5.74. The lowest BCUT2D eigenvalue weighted by Gasteiger charge is -2.09. The van der Waals surface area contributed by atoms with Crippen LogP contribution in [0.5, 0.6) is 0 Å². The van der Waals surface area contributed by atoms with Crippen LogP contribution >= 0.6 is 12.6 Å². The molecule has 0 heterocycles. The second kappa shape index (κ2) is 4.50. The van der Waals surface area contributed by atoms with E-state index < -0.39 is 0 Å². The first-order valence-corrected chi connectivity index (χ1v) is 4.34. The highest BCUT2D eigenvalue weighted by molar-refractivity contribution is 7.80. The quantitative estimate of drug-likeness (QED) is 0.620. The number of rotatable bonds is 3. The molecule has 0 radical (unpaired) electrons. The third-order valence-corrected chi connectivity index (χ3v) is 2.02. The second-order valence-electron chi connectivity index (χ2n) is 2.71. The van der Waals surface area contributed by atoms with Gasteiger partial charge in [0.25, 0.3) is 0 Å². The van der Waals surface area contributed by atoms with E-state index in [1.807, 2.05) is 24.3 Å². The van der Waals surface area contributed by atoms with Gasteiger partial charge < -0.3 is 10.8 Å². The molecular weight excluding hydrogens is 170 g/mol. The predicted octanol–water partition coefficient (Wildman–Crippen LogP) is 1.36. The molecule has 0 amide bonds. The zero-order chi connectivity index (χ0) is 8.97. The normalized spacial score (nSPS) is 12.9. The Morgan fingerprint density at radius 3 is 2.83 bits per heavy atom. The number of hydrogen-bond donors (Lipinski definition) is 3. The summed E-state index contributed by atoms with van der Waals surface area (Å²) in [4.78, 5) is 0.904. The maximum Gasteiger partial charge on any atom is 0.0449 e. The van der Waals surface area contributed by atoms with E-state index in [-0.39, 0.29) is 12.6 Å². The standard InChI is InChI=1S/C9H13NOS/c10-9(4-5-11)7-2-1-3-8(12)6-7/h1-3,6,9,11-12H,4-5,10H2/t9-/m1/s1. The molecule has 0 aliphatic heterocycles. The predicted molar refractivity (Wildman–Crippen MR) is 52.3 cm³/mol. The van der Waals surface area contributed by atoms with Crippen molar-refractivity contribution in [3.63, 3.8) is 0 Å². The average molecular weight is 183 g/mol. The molecule has 1 atom stereocenters. The zero-order valence-corrected chi connectivity index (χ0v) is 7.67. The fourth-order valence-electron chi connectivity index (χ4n) is 1.06. The third kappa shape index (κ3) is 2.52. The summed E-state index contributed by atoms with van der Waals surface area (Å²) >= 11 is 4.20. The summed E-state index contributed by atoms with van der Waals surface area (Å²) in [5.41, 5.74) is 6.81. The minimum absolute atomic E-state index is 0.0814. The topological polar surface area (TPSA) is 46.2 Å². The van der Waals surface area contributed by atoms with Crippen molar-refractivity contribution in [1.82, 2.24) is 0 Å². The van der Waals surface area contributed by atoms with Crippen molar-refractivity contribution in [1.29, 1.82) is 0 Å². The van der Waals surface area contributed by atoms with Crippen LogP contribution in [0, 0.1) is 0 Å². The Labute approximate surface area is 77.8 Å². The zero-order valence-electron chi connectivity index (χ0n) is 6.77. The van der Waals surface area contributed by atoms with Gasteiger partial charge in [-0.1, -0.05) is 12.1 Å². The first kappa shape index (κ1) is 9.58. The maximum absolute atomic E-state index is 8.67. The Hall–Kier alpha value is -0.510. The van der Waals surface area contributed by atoms with Gasteiger partial charge in [-0.2, -0.15) is 0 Å². The molecule has 0 unspecified atom stereocenters. The Balaban J connectivity index is 2.73. The number of thiol groups is 1. The van der Waals surface area contributed by atoms with Gasteiger partial charge in [0.05, 0.1) is 0 Å². The van der Waals surface area contributed by atoms with Crippen molar-refractivity contribution >= 4 is 12.6 Å². The largest absolute Gasteiger partial charge is 0.396 e. The van der Waals surface area contributed by atoms with E-state index in [9.17, 15) is 0 Å². The molecule has 0 bridgehead atoms. The maximum atomic E-state index is 8.67. The molecule has 0 aliphatic carbocycles. The summed E-state index contributed by atoms with van der Waals surface area (Å²) in [7, 11) is 0. The van der Waals surface area contributed by atoms with Gasteiger partial charge in [-0.25, -0.2) is 0 Å². The molecule has 0 saturated carbocycles. The molecule has 0 aromatic heterocycles. The SMILES string of the molecule is N[C@H](CCO)c1cccc(S)c1. The van der Waals surface area contributed by atoms with E-state index in [2.05, 4.69) is 12.6 Å². The van der Waals surface area contributed by atoms with E-state index in [4.69, 9.17) is 10.8 Å². The highest BCUT2D eigenvalue weighted by Gasteiger charge is 2.03. The molecular formula is C9H13NOS. The molecule has 3 N–H and O–H groups in total. The molecule has 0 fully saturated rings. The van der Waals surface area contributed by atoms with Crippen LogP contribution in [0.3, 0.4) is 0 Å². The highest BCUT2D eigenvalue weighted by Crippen LogP contribution is 2.16. The number of aliphatic hydroxyl groups excluding tert-OH is 1. The summed E-state index contributed by atoms with van der Waals surface area (Å²) in [6, 6.07) is 7.60. The molecule has 1 aromatic carbocycles. The van der Waals surface area contributed by atoms with Crippen molar-refractivity contribution < 1.29 is 5.11 Å². The summed E-state index contributed by atoms with van der Waals surface area (Å²) < 4.78 is 0. The second-order valence-corrected chi connectivity index (χ2v) is 3.23. The molecule has 1 rings (SSSR count). The minimum atomic E-state index is -0.0814. The van der Waals surface area contributed by atoms with Crippen LogP contribution in [0.4, 0.5) is 0 Å². The lowest BCUT2D eigenvalue weighted by molar-refractivity contribution is 0.276. The monoisotopic (exact) mass is 183 g/mol. The molecule has 0 aliphatic rings. The molecule has 0 spiro atoms. The molecule has 66 valence electrons. The fraction of sp³-hybridized carbons (Fsp3) is 0.333. The van der Waals surface area contributed by atoms with E-state index in [1.165, 1.54) is 0 Å². The highest BCUT2D eigenvalue weighted by atomic mass is 32.1.